The van der Waals surface area contributed by atoms with Crippen LogP contribution in [0.15, 0.2) is 17.0 Å². The average Bonchev–Trinajstić information content (AvgIpc) is 2.55. The molecule has 0 radical (unpaired) electrons. The minimum atomic E-state index is 0.980. The lowest BCUT2D eigenvalue weighted by molar-refractivity contribution is -0.858. The highest BCUT2D eigenvalue weighted by atomic mass is 32.2. The first-order chi connectivity index (χ1) is 11.1. The van der Waals surface area contributed by atoms with Gasteiger partial charge in [0, 0.05) is 12.0 Å². The maximum atomic E-state index is 5.60. The van der Waals surface area contributed by atoms with Crippen LogP contribution in [0.5, 0.6) is 11.5 Å². The van der Waals surface area contributed by atoms with Gasteiger partial charge in [-0.1, -0.05) is 32.6 Å². The summed E-state index contributed by atoms with van der Waals surface area (Å²) >= 11 is 1.88. The Labute approximate surface area is 146 Å². The zero-order valence-corrected chi connectivity index (χ0v) is 16.4. The number of thioether (sulfide) groups is 1. The van der Waals surface area contributed by atoms with Crippen LogP contribution in [0.3, 0.4) is 0 Å². The second-order valence-electron chi connectivity index (χ2n) is 6.28. The Balaban J connectivity index is 2.67. The van der Waals surface area contributed by atoms with Crippen LogP contribution in [-0.2, 0) is 6.42 Å². The van der Waals surface area contributed by atoms with E-state index in [-0.39, 0.29) is 0 Å². The van der Waals surface area contributed by atoms with Gasteiger partial charge in [-0.05, 0) is 24.3 Å². The van der Waals surface area contributed by atoms with Gasteiger partial charge in [0.15, 0.2) is 0 Å². The Morgan fingerprint density at radius 2 is 1.65 bits per heavy atom. The Morgan fingerprint density at radius 1 is 0.957 bits per heavy atom. The fourth-order valence-electron chi connectivity index (χ4n) is 2.51. The summed E-state index contributed by atoms with van der Waals surface area (Å²) < 4.78 is 11.2. The summed E-state index contributed by atoms with van der Waals surface area (Å²) in [6.45, 7) is 3.34. The zero-order valence-electron chi connectivity index (χ0n) is 15.5. The standard InChI is InChI=1S/C19H33NO2S/c1-6-7-8-9-10-13-23-19-15-17(21-4)16(11-12-20(2)3)14-18(19)22-5/h14-15H,6-13H2,1-5H3/p+1. The number of rotatable bonds is 12. The largest absolute Gasteiger partial charge is 0.496 e. The predicted octanol–water partition coefficient (Wildman–Crippen LogP) is 3.45. The van der Waals surface area contributed by atoms with Gasteiger partial charge >= 0.3 is 0 Å². The maximum Gasteiger partial charge on any atom is 0.132 e. The van der Waals surface area contributed by atoms with Gasteiger partial charge in [0.05, 0.1) is 39.8 Å². The van der Waals surface area contributed by atoms with E-state index in [4.69, 9.17) is 9.47 Å². The van der Waals surface area contributed by atoms with E-state index in [0.717, 1.165) is 30.2 Å². The topological polar surface area (TPSA) is 22.9 Å². The van der Waals surface area contributed by atoms with Crippen LogP contribution in [0.4, 0.5) is 0 Å². The van der Waals surface area contributed by atoms with E-state index < -0.39 is 0 Å². The third-order valence-corrected chi connectivity index (χ3v) is 5.09. The molecule has 0 saturated heterocycles. The molecule has 1 N–H and O–H groups in total. The van der Waals surface area contributed by atoms with Crippen molar-refractivity contribution in [3.05, 3.63) is 17.7 Å². The van der Waals surface area contributed by atoms with Crippen molar-refractivity contribution in [1.29, 1.82) is 0 Å². The molecular weight excluding hydrogens is 306 g/mol. The average molecular weight is 341 g/mol. The van der Waals surface area contributed by atoms with Gasteiger partial charge < -0.3 is 14.4 Å². The molecule has 0 atom stereocenters. The number of ether oxygens (including phenoxy) is 2. The van der Waals surface area contributed by atoms with Crippen LogP contribution in [0.25, 0.3) is 0 Å². The van der Waals surface area contributed by atoms with Crippen molar-refractivity contribution < 1.29 is 14.4 Å². The number of nitrogens with one attached hydrogen (secondary N) is 1. The third-order valence-electron chi connectivity index (χ3n) is 3.97. The normalized spacial score (nSPS) is 11.0. The summed E-state index contributed by atoms with van der Waals surface area (Å²) in [4.78, 5) is 2.64. The molecule has 1 aromatic carbocycles. The Bertz CT molecular complexity index is 449. The summed E-state index contributed by atoms with van der Waals surface area (Å²) in [5.41, 5.74) is 1.23. The molecule has 0 fully saturated rings. The molecular formula is C19H34NO2S+. The van der Waals surface area contributed by atoms with Crippen molar-refractivity contribution in [3.8, 4) is 11.5 Å². The molecule has 0 aliphatic rings. The summed E-state index contributed by atoms with van der Waals surface area (Å²) in [6, 6.07) is 4.30. The molecule has 4 heteroatoms. The molecule has 0 aliphatic heterocycles. The van der Waals surface area contributed by atoms with Crippen LogP contribution in [0.1, 0.15) is 44.6 Å². The Kier molecular flexibility index (Phi) is 10.2. The first kappa shape index (κ1) is 20.2. The molecule has 0 bridgehead atoms. The first-order valence-electron chi connectivity index (χ1n) is 8.79. The molecule has 1 rings (SSSR count). The molecule has 0 spiro atoms. The van der Waals surface area contributed by atoms with E-state index in [2.05, 4.69) is 33.2 Å². The lowest BCUT2D eigenvalue weighted by Gasteiger charge is -2.15. The van der Waals surface area contributed by atoms with Gasteiger partial charge in [0.25, 0.3) is 0 Å². The van der Waals surface area contributed by atoms with Gasteiger partial charge in [0.2, 0.25) is 0 Å². The molecule has 0 heterocycles. The van der Waals surface area contributed by atoms with Crippen molar-refractivity contribution in [3.63, 3.8) is 0 Å². The number of quaternary nitrogens is 1. The van der Waals surface area contributed by atoms with Crippen molar-refractivity contribution in [1.82, 2.24) is 0 Å². The number of hydrogen-bond acceptors (Lipinski definition) is 3. The molecule has 0 aliphatic carbocycles. The van der Waals surface area contributed by atoms with E-state index in [9.17, 15) is 0 Å². The van der Waals surface area contributed by atoms with Gasteiger partial charge in [-0.3, -0.25) is 0 Å². The minimum absolute atomic E-state index is 0.980. The predicted molar refractivity (Wildman–Crippen MR) is 100 cm³/mol. The quantitative estimate of drug-likeness (QED) is 0.465. The third kappa shape index (κ3) is 7.49. The monoisotopic (exact) mass is 340 g/mol. The second-order valence-corrected chi connectivity index (χ2v) is 7.42. The van der Waals surface area contributed by atoms with E-state index in [1.165, 1.54) is 47.5 Å². The van der Waals surface area contributed by atoms with Crippen LogP contribution < -0.4 is 14.4 Å². The van der Waals surface area contributed by atoms with Gasteiger partial charge in [0.1, 0.15) is 11.5 Å². The molecule has 1 aromatic rings. The van der Waals surface area contributed by atoms with Crippen molar-refractivity contribution >= 4 is 11.8 Å². The van der Waals surface area contributed by atoms with E-state index >= 15 is 0 Å². The van der Waals surface area contributed by atoms with Crippen molar-refractivity contribution in [2.75, 3.05) is 40.6 Å². The van der Waals surface area contributed by atoms with Crippen LogP contribution in [0, 0.1) is 0 Å². The lowest BCUT2D eigenvalue weighted by atomic mass is 10.1. The van der Waals surface area contributed by atoms with E-state index in [0.29, 0.717) is 0 Å². The summed E-state index contributed by atoms with van der Waals surface area (Å²) in [5.74, 6) is 3.11. The number of unbranched alkanes of at least 4 members (excludes halogenated alkanes) is 4. The highest BCUT2D eigenvalue weighted by Gasteiger charge is 2.12. The highest BCUT2D eigenvalue weighted by molar-refractivity contribution is 7.99. The lowest BCUT2D eigenvalue weighted by Crippen LogP contribution is -3.05. The fourth-order valence-corrected chi connectivity index (χ4v) is 3.56. The minimum Gasteiger partial charge on any atom is -0.496 e. The molecule has 0 saturated carbocycles. The summed E-state index contributed by atoms with van der Waals surface area (Å²) in [5, 5.41) is 0. The summed E-state index contributed by atoms with van der Waals surface area (Å²) in [7, 11) is 7.86. The SMILES string of the molecule is CCCCCCCSc1cc(OC)c(CC[NH+](C)C)cc1OC. The van der Waals surface area contributed by atoms with Gasteiger partial charge in [-0.15, -0.1) is 11.8 Å². The molecule has 0 aromatic heterocycles. The van der Waals surface area contributed by atoms with Crippen molar-refractivity contribution in [2.24, 2.45) is 0 Å². The molecule has 0 unspecified atom stereocenters. The molecule has 132 valence electrons. The number of benzene rings is 1. The molecule has 0 amide bonds. The van der Waals surface area contributed by atoms with E-state index in [1.54, 1.807) is 14.2 Å². The summed E-state index contributed by atoms with van der Waals surface area (Å²) in [6.07, 6.45) is 7.59. The van der Waals surface area contributed by atoms with Crippen LogP contribution in [-0.4, -0.2) is 40.6 Å². The maximum absolute atomic E-state index is 5.60. The molecule has 23 heavy (non-hydrogen) atoms. The Morgan fingerprint density at radius 3 is 2.26 bits per heavy atom. The van der Waals surface area contributed by atoms with Crippen molar-refractivity contribution in [2.45, 2.75) is 50.3 Å². The Hall–Kier alpha value is -0.870. The second kappa shape index (κ2) is 11.6. The van der Waals surface area contributed by atoms with Gasteiger partial charge in [-0.25, -0.2) is 0 Å². The highest BCUT2D eigenvalue weighted by Crippen LogP contribution is 2.36. The van der Waals surface area contributed by atoms with E-state index in [1.807, 2.05) is 11.8 Å². The van der Waals surface area contributed by atoms with Crippen LogP contribution >= 0.6 is 11.8 Å². The van der Waals surface area contributed by atoms with Gasteiger partial charge in [-0.2, -0.15) is 0 Å². The first-order valence-corrected chi connectivity index (χ1v) is 9.77. The zero-order chi connectivity index (χ0) is 17.1. The molecule has 3 nitrogen and oxygen atoms in total. The number of hydrogen-bond donors (Lipinski definition) is 1. The smallest absolute Gasteiger partial charge is 0.132 e. The van der Waals surface area contributed by atoms with Crippen LogP contribution in [0.2, 0.25) is 0 Å². The number of methoxy groups -OCH3 is 2. The number of likely N-dealkylation sites (N-methyl/N-ethyl adjacent to an activating group) is 1. The fraction of sp³-hybridized carbons (Fsp3) is 0.684.